The van der Waals surface area contributed by atoms with Gasteiger partial charge in [0.2, 0.25) is 0 Å². The van der Waals surface area contributed by atoms with E-state index in [-0.39, 0.29) is 0 Å². The number of rotatable bonds is 5. The van der Waals surface area contributed by atoms with Crippen LogP contribution in [0.25, 0.3) is 0 Å². The second-order valence-corrected chi connectivity index (χ2v) is 6.48. The first-order chi connectivity index (χ1) is 9.10. The van der Waals surface area contributed by atoms with Crippen LogP contribution in [0.5, 0.6) is 0 Å². The molecule has 2 rings (SSSR count). The van der Waals surface area contributed by atoms with Gasteiger partial charge in [-0.05, 0) is 48.4 Å². The van der Waals surface area contributed by atoms with E-state index in [0.717, 1.165) is 25.2 Å². The monoisotopic (exact) mass is 281 g/mol. The molecule has 3 nitrogen and oxygen atoms in total. The number of hydrogen-bond donors (Lipinski definition) is 1. The Morgan fingerprint density at radius 1 is 1.37 bits per heavy atom. The predicted molar refractivity (Wildman–Crippen MR) is 78.8 cm³/mol. The van der Waals surface area contributed by atoms with Crippen molar-refractivity contribution in [2.24, 2.45) is 5.41 Å². The molecule has 0 amide bonds. The highest BCUT2D eigenvalue weighted by Gasteiger charge is 2.31. The second-order valence-electron chi connectivity index (χ2n) is 5.56. The first-order valence-corrected chi connectivity index (χ1v) is 8.00. The Morgan fingerprint density at radius 3 is 2.53 bits per heavy atom. The van der Waals surface area contributed by atoms with Gasteiger partial charge >= 0.3 is 5.97 Å². The molecule has 0 bridgehead atoms. The first kappa shape index (κ1) is 14.5. The summed E-state index contributed by atoms with van der Waals surface area (Å²) in [5.74, 6) is -0.793. The Labute approximate surface area is 119 Å². The van der Waals surface area contributed by atoms with Crippen LogP contribution in [0.3, 0.4) is 0 Å². The lowest BCUT2D eigenvalue weighted by atomic mass is 9.74. The van der Waals surface area contributed by atoms with Crippen LogP contribution < -0.4 is 0 Å². The average Bonchev–Trinajstić information content (AvgIpc) is 2.88. The molecule has 0 aromatic carbocycles. The minimum Gasteiger partial charge on any atom is -0.477 e. The second kappa shape index (κ2) is 6.06. The third-order valence-electron chi connectivity index (χ3n) is 4.75. The summed E-state index contributed by atoms with van der Waals surface area (Å²) in [6.07, 6.45) is 5.01. The van der Waals surface area contributed by atoms with Crippen molar-refractivity contribution in [3.8, 4) is 0 Å². The zero-order chi connectivity index (χ0) is 13.9. The number of carboxylic acids is 1. The molecule has 19 heavy (non-hydrogen) atoms. The normalized spacial score (nSPS) is 19.5. The summed E-state index contributed by atoms with van der Waals surface area (Å²) in [6, 6.07) is 1.95. The van der Waals surface area contributed by atoms with Gasteiger partial charge in [-0.25, -0.2) is 4.79 Å². The minimum absolute atomic E-state index is 0.503. The highest BCUT2D eigenvalue weighted by Crippen LogP contribution is 2.38. The maximum atomic E-state index is 11.1. The molecule has 0 radical (unpaired) electrons. The molecule has 0 atom stereocenters. The smallest absolute Gasteiger partial charge is 0.346 e. The molecule has 1 fully saturated rings. The van der Waals surface area contributed by atoms with Crippen LogP contribution in [0.2, 0.25) is 0 Å². The van der Waals surface area contributed by atoms with E-state index in [1.54, 1.807) is 0 Å². The number of carboxylic acid groups (broad SMARTS) is 1. The van der Waals surface area contributed by atoms with Crippen molar-refractivity contribution < 1.29 is 9.90 Å². The summed E-state index contributed by atoms with van der Waals surface area (Å²) in [5, 5.41) is 11.0. The zero-order valence-electron chi connectivity index (χ0n) is 11.8. The Hall–Kier alpha value is -0.870. The fourth-order valence-electron chi connectivity index (χ4n) is 3.03. The van der Waals surface area contributed by atoms with E-state index in [9.17, 15) is 4.79 Å². The molecular weight excluding hydrogens is 258 g/mol. The highest BCUT2D eigenvalue weighted by atomic mass is 32.1. The lowest BCUT2D eigenvalue weighted by molar-refractivity contribution is 0.0694. The zero-order valence-corrected chi connectivity index (χ0v) is 12.6. The fourth-order valence-corrected chi connectivity index (χ4v) is 3.78. The first-order valence-electron chi connectivity index (χ1n) is 7.12. The third kappa shape index (κ3) is 3.18. The lowest BCUT2D eigenvalue weighted by Crippen LogP contribution is -2.39. The molecule has 4 heteroatoms. The number of aromatic carboxylic acids is 1. The van der Waals surface area contributed by atoms with Gasteiger partial charge in [0.05, 0.1) is 0 Å². The molecule has 1 aliphatic heterocycles. The number of hydrogen-bond acceptors (Lipinski definition) is 3. The quantitative estimate of drug-likeness (QED) is 0.891. The van der Waals surface area contributed by atoms with Crippen molar-refractivity contribution in [1.29, 1.82) is 0 Å². The van der Waals surface area contributed by atoms with Gasteiger partial charge in [-0.2, -0.15) is 0 Å². The Morgan fingerprint density at radius 2 is 2.00 bits per heavy atom. The van der Waals surface area contributed by atoms with Crippen LogP contribution >= 0.6 is 11.3 Å². The van der Waals surface area contributed by atoms with Crippen LogP contribution in [0, 0.1) is 5.41 Å². The molecular formula is C15H23NO2S. The topological polar surface area (TPSA) is 40.5 Å². The average molecular weight is 281 g/mol. The predicted octanol–water partition coefficient (Wildman–Crippen LogP) is 3.85. The van der Waals surface area contributed by atoms with Crippen LogP contribution in [0.4, 0.5) is 0 Å². The molecule has 1 N–H and O–H groups in total. The number of nitrogens with zero attached hydrogens (tertiary/aromatic N) is 1. The number of thiophene rings is 1. The van der Waals surface area contributed by atoms with Crippen molar-refractivity contribution in [2.45, 2.75) is 46.1 Å². The van der Waals surface area contributed by atoms with Gasteiger partial charge in [0.25, 0.3) is 0 Å². The largest absolute Gasteiger partial charge is 0.477 e. The lowest BCUT2D eigenvalue weighted by Gasteiger charge is -2.41. The highest BCUT2D eigenvalue weighted by molar-refractivity contribution is 7.12. The maximum Gasteiger partial charge on any atom is 0.346 e. The molecule has 1 aromatic rings. The van der Waals surface area contributed by atoms with Crippen molar-refractivity contribution >= 4 is 17.3 Å². The van der Waals surface area contributed by atoms with Gasteiger partial charge in [-0.15, -0.1) is 11.3 Å². The van der Waals surface area contributed by atoms with Crippen LogP contribution in [-0.2, 0) is 6.54 Å². The summed E-state index contributed by atoms with van der Waals surface area (Å²) in [5.41, 5.74) is 1.50. The molecule has 0 aliphatic carbocycles. The standard InChI is InChI=1S/C15H23NO2S/c1-3-15(4-2)6-8-16(9-7-15)11-12-5-10-19-13(12)14(17)18/h5,10H,3-4,6-9,11H2,1-2H3,(H,17,18). The SMILES string of the molecule is CCC1(CC)CCN(Cc2ccsc2C(=O)O)CC1. The summed E-state index contributed by atoms with van der Waals surface area (Å²) < 4.78 is 0. The van der Waals surface area contributed by atoms with E-state index >= 15 is 0 Å². The Bertz CT molecular complexity index is 427. The van der Waals surface area contributed by atoms with E-state index < -0.39 is 5.97 Å². The Balaban J connectivity index is 1.96. The number of likely N-dealkylation sites (tertiary alicyclic amines) is 1. The Kier molecular flexibility index (Phi) is 4.63. The van der Waals surface area contributed by atoms with Gasteiger partial charge < -0.3 is 5.11 Å². The van der Waals surface area contributed by atoms with E-state index in [0.29, 0.717) is 10.3 Å². The molecule has 0 saturated carbocycles. The number of carbonyl (C=O) groups is 1. The van der Waals surface area contributed by atoms with Crippen LogP contribution in [-0.4, -0.2) is 29.1 Å². The van der Waals surface area contributed by atoms with Crippen LogP contribution in [0.15, 0.2) is 11.4 Å². The number of piperidine rings is 1. The van der Waals surface area contributed by atoms with E-state index in [2.05, 4.69) is 18.7 Å². The summed E-state index contributed by atoms with van der Waals surface area (Å²) in [7, 11) is 0. The van der Waals surface area contributed by atoms with Gasteiger partial charge in [0, 0.05) is 6.54 Å². The van der Waals surface area contributed by atoms with E-state index in [1.807, 2.05) is 11.4 Å². The fraction of sp³-hybridized carbons (Fsp3) is 0.667. The minimum atomic E-state index is -0.793. The molecule has 1 saturated heterocycles. The molecule has 106 valence electrons. The van der Waals surface area contributed by atoms with Crippen molar-refractivity contribution in [2.75, 3.05) is 13.1 Å². The summed E-state index contributed by atoms with van der Waals surface area (Å²) in [6.45, 7) is 7.56. The van der Waals surface area contributed by atoms with Crippen molar-refractivity contribution in [3.05, 3.63) is 21.9 Å². The molecule has 1 aliphatic rings. The van der Waals surface area contributed by atoms with E-state index in [1.165, 1.54) is 37.0 Å². The molecule has 2 heterocycles. The maximum absolute atomic E-state index is 11.1. The van der Waals surface area contributed by atoms with Crippen molar-refractivity contribution in [3.63, 3.8) is 0 Å². The van der Waals surface area contributed by atoms with Gasteiger partial charge in [0.15, 0.2) is 0 Å². The van der Waals surface area contributed by atoms with Gasteiger partial charge in [-0.1, -0.05) is 26.7 Å². The molecule has 0 spiro atoms. The van der Waals surface area contributed by atoms with Gasteiger partial charge in [0.1, 0.15) is 4.88 Å². The van der Waals surface area contributed by atoms with Gasteiger partial charge in [-0.3, -0.25) is 4.90 Å². The third-order valence-corrected chi connectivity index (χ3v) is 5.70. The summed E-state index contributed by atoms with van der Waals surface area (Å²) >= 11 is 1.33. The van der Waals surface area contributed by atoms with E-state index in [4.69, 9.17) is 5.11 Å². The molecule has 0 unspecified atom stereocenters. The van der Waals surface area contributed by atoms with Crippen LogP contribution in [0.1, 0.15) is 54.8 Å². The van der Waals surface area contributed by atoms with Crippen molar-refractivity contribution in [1.82, 2.24) is 4.90 Å². The summed E-state index contributed by atoms with van der Waals surface area (Å²) in [4.78, 5) is 14.0. The molecule has 1 aromatic heterocycles.